The van der Waals surface area contributed by atoms with Crippen LogP contribution in [0, 0.1) is 0 Å². The molecular weight excluding hydrogens is 358 g/mol. The number of rotatable bonds is 5. The summed E-state index contributed by atoms with van der Waals surface area (Å²) in [6.07, 6.45) is -0.987. The third-order valence-electron chi connectivity index (χ3n) is 4.74. The van der Waals surface area contributed by atoms with E-state index in [-0.39, 0.29) is 17.5 Å². The number of hydrogen-bond acceptors (Lipinski definition) is 5. The highest BCUT2D eigenvalue weighted by Gasteiger charge is 2.39. The second-order valence-electron chi connectivity index (χ2n) is 6.41. The molecule has 6 nitrogen and oxygen atoms in total. The van der Waals surface area contributed by atoms with Gasteiger partial charge in [-0.05, 0) is 28.5 Å². The number of esters is 1. The summed E-state index contributed by atoms with van der Waals surface area (Å²) in [5.74, 6) is -1.84. The first-order valence-electron chi connectivity index (χ1n) is 8.79. The quantitative estimate of drug-likeness (QED) is 0.506. The van der Waals surface area contributed by atoms with Crippen LogP contribution in [-0.2, 0) is 20.8 Å². The lowest BCUT2D eigenvalue weighted by Gasteiger charge is -2.21. The molecule has 2 amide bonds. The van der Waals surface area contributed by atoms with Gasteiger partial charge in [0.2, 0.25) is 0 Å². The topological polar surface area (TPSA) is 72.9 Å². The van der Waals surface area contributed by atoms with Crippen LogP contribution < -0.4 is 0 Å². The van der Waals surface area contributed by atoms with E-state index < -0.39 is 23.9 Å². The molecule has 1 aliphatic heterocycles. The average molecular weight is 375 g/mol. The van der Waals surface area contributed by atoms with E-state index in [9.17, 15) is 14.4 Å². The molecule has 140 valence electrons. The maximum Gasteiger partial charge on any atom is 0.338 e. The standard InChI is InChI=1S/C22H17NO5/c1-27-22(26)19(13-15-9-6-8-14-7-2-3-10-16(14)15)28-23-20(24)17-11-4-5-12-18(17)21(23)25/h2-12,19H,13H2,1H3. The molecule has 1 unspecified atom stereocenters. The molecule has 6 heteroatoms. The molecule has 3 aromatic rings. The van der Waals surface area contributed by atoms with E-state index in [1.807, 2.05) is 42.5 Å². The molecule has 1 atom stereocenters. The van der Waals surface area contributed by atoms with Crippen LogP contribution in [0.15, 0.2) is 66.7 Å². The van der Waals surface area contributed by atoms with E-state index in [4.69, 9.17) is 9.57 Å². The molecule has 0 aliphatic carbocycles. The summed E-state index contributed by atoms with van der Waals surface area (Å²) < 4.78 is 4.84. The second kappa shape index (κ2) is 7.25. The predicted octanol–water partition coefficient (Wildman–Crippen LogP) is 3.15. The Morgan fingerprint density at radius 3 is 2.18 bits per heavy atom. The Labute approximate surface area is 161 Å². The molecule has 0 saturated carbocycles. The van der Waals surface area contributed by atoms with E-state index >= 15 is 0 Å². The number of imide groups is 1. The molecule has 0 bridgehead atoms. The number of methoxy groups -OCH3 is 1. The van der Waals surface area contributed by atoms with Crippen molar-refractivity contribution in [1.82, 2.24) is 5.06 Å². The molecule has 0 spiro atoms. The van der Waals surface area contributed by atoms with Crippen LogP contribution in [-0.4, -0.2) is 36.1 Å². The number of carbonyl (C=O) groups is 3. The fraction of sp³-hybridized carbons (Fsp3) is 0.136. The van der Waals surface area contributed by atoms with Crippen LogP contribution in [0.3, 0.4) is 0 Å². The zero-order valence-corrected chi connectivity index (χ0v) is 15.1. The Bertz CT molecular complexity index is 1050. The van der Waals surface area contributed by atoms with E-state index in [1.165, 1.54) is 7.11 Å². The molecule has 28 heavy (non-hydrogen) atoms. The van der Waals surface area contributed by atoms with Gasteiger partial charge >= 0.3 is 5.97 Å². The van der Waals surface area contributed by atoms with E-state index in [1.54, 1.807) is 24.3 Å². The maximum absolute atomic E-state index is 12.5. The SMILES string of the molecule is COC(=O)C(Cc1cccc2ccccc12)ON1C(=O)c2ccccc2C1=O. The lowest BCUT2D eigenvalue weighted by molar-refractivity contribution is -0.177. The molecule has 1 heterocycles. The van der Waals surface area contributed by atoms with Crippen LogP contribution in [0.5, 0.6) is 0 Å². The third kappa shape index (κ3) is 3.04. The maximum atomic E-state index is 12.5. The van der Waals surface area contributed by atoms with Crippen molar-refractivity contribution in [2.24, 2.45) is 0 Å². The van der Waals surface area contributed by atoms with Crippen molar-refractivity contribution in [2.45, 2.75) is 12.5 Å². The highest BCUT2D eigenvalue weighted by molar-refractivity contribution is 6.20. The number of hydroxylamine groups is 2. The molecule has 0 fully saturated rings. The number of carbonyl (C=O) groups excluding carboxylic acids is 3. The van der Waals surface area contributed by atoms with Gasteiger partial charge in [-0.15, -0.1) is 5.06 Å². The van der Waals surface area contributed by atoms with Gasteiger partial charge in [-0.3, -0.25) is 9.59 Å². The van der Waals surface area contributed by atoms with Crippen molar-refractivity contribution in [3.8, 4) is 0 Å². The highest BCUT2D eigenvalue weighted by Crippen LogP contribution is 2.26. The van der Waals surface area contributed by atoms with Crippen molar-refractivity contribution in [3.05, 3.63) is 83.4 Å². The summed E-state index contributed by atoms with van der Waals surface area (Å²) in [6, 6.07) is 19.9. The van der Waals surface area contributed by atoms with Crippen LogP contribution in [0.4, 0.5) is 0 Å². The van der Waals surface area contributed by atoms with Crippen molar-refractivity contribution in [3.63, 3.8) is 0 Å². The Morgan fingerprint density at radius 2 is 1.50 bits per heavy atom. The van der Waals surface area contributed by atoms with Crippen molar-refractivity contribution in [1.29, 1.82) is 0 Å². The van der Waals surface area contributed by atoms with Crippen LogP contribution in [0.2, 0.25) is 0 Å². The fourth-order valence-corrected chi connectivity index (χ4v) is 3.36. The van der Waals surface area contributed by atoms with Crippen LogP contribution >= 0.6 is 0 Å². The minimum Gasteiger partial charge on any atom is -0.467 e. The summed E-state index contributed by atoms with van der Waals surface area (Å²) in [6.45, 7) is 0. The zero-order valence-electron chi connectivity index (χ0n) is 15.1. The minimum absolute atomic E-state index is 0.154. The van der Waals surface area contributed by atoms with Crippen LogP contribution in [0.1, 0.15) is 26.3 Å². The highest BCUT2D eigenvalue weighted by atomic mass is 16.7. The number of amides is 2. The van der Waals surface area contributed by atoms with Gasteiger partial charge in [0.25, 0.3) is 11.8 Å². The zero-order chi connectivity index (χ0) is 19.7. The van der Waals surface area contributed by atoms with E-state index in [0.717, 1.165) is 16.3 Å². The molecule has 0 saturated heterocycles. The van der Waals surface area contributed by atoms with Gasteiger partial charge in [-0.1, -0.05) is 54.6 Å². The van der Waals surface area contributed by atoms with Crippen molar-refractivity contribution >= 4 is 28.6 Å². The number of benzene rings is 3. The van der Waals surface area contributed by atoms with E-state index in [2.05, 4.69) is 0 Å². The van der Waals surface area contributed by atoms with Gasteiger partial charge in [-0.2, -0.15) is 0 Å². The van der Waals surface area contributed by atoms with Gasteiger partial charge in [0.1, 0.15) is 0 Å². The lowest BCUT2D eigenvalue weighted by atomic mass is 10.00. The molecular formula is C22H17NO5. The van der Waals surface area contributed by atoms with Gasteiger partial charge in [0, 0.05) is 6.42 Å². The van der Waals surface area contributed by atoms with Crippen molar-refractivity contribution < 1.29 is 24.0 Å². The Hall–Kier alpha value is -3.51. The average Bonchev–Trinajstić information content (AvgIpc) is 2.98. The summed E-state index contributed by atoms with van der Waals surface area (Å²) in [5.41, 5.74) is 1.35. The first-order chi connectivity index (χ1) is 13.6. The normalized spacial score (nSPS) is 14.2. The number of ether oxygens (including phenoxy) is 1. The molecule has 3 aromatic carbocycles. The third-order valence-corrected chi connectivity index (χ3v) is 4.74. The molecule has 0 N–H and O–H groups in total. The largest absolute Gasteiger partial charge is 0.467 e. The number of nitrogens with zero attached hydrogens (tertiary/aromatic N) is 1. The van der Waals surface area contributed by atoms with Gasteiger partial charge in [0.15, 0.2) is 6.10 Å². The number of hydrogen-bond donors (Lipinski definition) is 0. The molecule has 0 aromatic heterocycles. The van der Waals surface area contributed by atoms with Gasteiger partial charge in [0.05, 0.1) is 18.2 Å². The molecule has 4 rings (SSSR count). The molecule has 0 radical (unpaired) electrons. The Kier molecular flexibility index (Phi) is 4.63. The lowest BCUT2D eigenvalue weighted by Crippen LogP contribution is -2.39. The molecule has 1 aliphatic rings. The van der Waals surface area contributed by atoms with Gasteiger partial charge in [-0.25, -0.2) is 9.63 Å². The summed E-state index contributed by atoms with van der Waals surface area (Å²) in [5, 5.41) is 2.63. The summed E-state index contributed by atoms with van der Waals surface area (Å²) in [4.78, 5) is 43.0. The van der Waals surface area contributed by atoms with Crippen LogP contribution in [0.25, 0.3) is 10.8 Å². The first-order valence-corrected chi connectivity index (χ1v) is 8.79. The smallest absolute Gasteiger partial charge is 0.338 e. The van der Waals surface area contributed by atoms with E-state index in [0.29, 0.717) is 5.06 Å². The second-order valence-corrected chi connectivity index (χ2v) is 6.41. The van der Waals surface area contributed by atoms with Crippen molar-refractivity contribution in [2.75, 3.05) is 7.11 Å². The Morgan fingerprint density at radius 1 is 0.893 bits per heavy atom. The van der Waals surface area contributed by atoms with Gasteiger partial charge < -0.3 is 4.74 Å². The predicted molar refractivity (Wildman–Crippen MR) is 101 cm³/mol. The first kappa shape index (κ1) is 17.9. The monoisotopic (exact) mass is 375 g/mol. The summed E-state index contributed by atoms with van der Waals surface area (Å²) >= 11 is 0. The number of fused-ring (bicyclic) bond motifs is 2. The summed E-state index contributed by atoms with van der Waals surface area (Å²) in [7, 11) is 1.24. The minimum atomic E-state index is -1.14. The fourth-order valence-electron chi connectivity index (χ4n) is 3.36. The Balaban J connectivity index is 1.64.